The van der Waals surface area contributed by atoms with Gasteiger partial charge in [-0.3, -0.25) is 4.72 Å². The predicted octanol–water partition coefficient (Wildman–Crippen LogP) is 2.85. The molecule has 3 rings (SSSR count). The first-order valence-electron chi connectivity index (χ1n) is 7.13. The minimum Gasteiger partial charge on any atom is -0.497 e. The van der Waals surface area contributed by atoms with Crippen molar-refractivity contribution >= 4 is 21.4 Å². The van der Waals surface area contributed by atoms with Crippen molar-refractivity contribution in [2.75, 3.05) is 23.7 Å². The van der Waals surface area contributed by atoms with E-state index in [1.165, 1.54) is 0 Å². The smallest absolute Gasteiger partial charge is 0.263 e. The minimum atomic E-state index is -3.63. The molecule has 0 aromatic heterocycles. The van der Waals surface area contributed by atoms with Crippen LogP contribution in [-0.2, 0) is 16.4 Å². The highest BCUT2D eigenvalue weighted by Crippen LogP contribution is 2.30. The molecule has 5 nitrogen and oxygen atoms in total. The fourth-order valence-corrected chi connectivity index (χ4v) is 3.86. The first-order valence-corrected chi connectivity index (χ1v) is 8.61. The van der Waals surface area contributed by atoms with Crippen LogP contribution in [0.5, 0.6) is 5.75 Å². The highest BCUT2D eigenvalue weighted by molar-refractivity contribution is 7.92. The van der Waals surface area contributed by atoms with E-state index in [-0.39, 0.29) is 0 Å². The van der Waals surface area contributed by atoms with Crippen LogP contribution in [0.4, 0.5) is 11.4 Å². The number of methoxy groups -OCH3 is 1. The lowest BCUT2D eigenvalue weighted by Crippen LogP contribution is -2.19. The second-order valence-corrected chi connectivity index (χ2v) is 6.81. The van der Waals surface area contributed by atoms with Crippen molar-refractivity contribution in [3.05, 3.63) is 48.0 Å². The van der Waals surface area contributed by atoms with E-state index >= 15 is 0 Å². The van der Waals surface area contributed by atoms with Gasteiger partial charge in [0.1, 0.15) is 10.6 Å². The van der Waals surface area contributed by atoms with Crippen LogP contribution in [0, 0.1) is 0 Å². The van der Waals surface area contributed by atoms with Crippen molar-refractivity contribution in [1.29, 1.82) is 0 Å². The molecule has 0 spiro atoms. The zero-order valence-electron chi connectivity index (χ0n) is 12.3. The molecule has 116 valence electrons. The number of hydrogen-bond donors (Lipinski definition) is 2. The van der Waals surface area contributed by atoms with E-state index in [1.54, 1.807) is 43.5 Å². The zero-order valence-corrected chi connectivity index (χ0v) is 13.1. The molecule has 6 heteroatoms. The van der Waals surface area contributed by atoms with Gasteiger partial charge in [0, 0.05) is 12.2 Å². The number of hydrogen-bond acceptors (Lipinski definition) is 4. The molecular formula is C16H18N2O3S. The summed E-state index contributed by atoms with van der Waals surface area (Å²) in [5.41, 5.74) is 2.27. The number of fused-ring (bicyclic) bond motifs is 1. The van der Waals surface area contributed by atoms with E-state index in [4.69, 9.17) is 4.74 Å². The maximum atomic E-state index is 12.6. The molecule has 0 bridgehead atoms. The van der Waals surface area contributed by atoms with Crippen LogP contribution in [0.1, 0.15) is 12.0 Å². The number of ether oxygens (including phenoxy) is 1. The molecule has 1 heterocycles. The van der Waals surface area contributed by atoms with Crippen LogP contribution in [0.3, 0.4) is 0 Å². The maximum absolute atomic E-state index is 12.6. The van der Waals surface area contributed by atoms with Crippen LogP contribution >= 0.6 is 0 Å². The molecule has 0 saturated heterocycles. The van der Waals surface area contributed by atoms with Gasteiger partial charge in [0.15, 0.2) is 0 Å². The third kappa shape index (κ3) is 2.87. The molecule has 1 aliphatic rings. The van der Waals surface area contributed by atoms with Gasteiger partial charge in [0.25, 0.3) is 10.0 Å². The Bertz CT molecular complexity index is 770. The topological polar surface area (TPSA) is 67.4 Å². The fraction of sp³-hybridized carbons (Fsp3) is 0.250. The van der Waals surface area contributed by atoms with E-state index in [1.807, 2.05) is 6.07 Å². The Kier molecular flexibility index (Phi) is 3.94. The highest BCUT2D eigenvalue weighted by Gasteiger charge is 2.22. The zero-order chi connectivity index (χ0) is 15.6. The van der Waals surface area contributed by atoms with Gasteiger partial charge >= 0.3 is 0 Å². The van der Waals surface area contributed by atoms with Gasteiger partial charge in [-0.05, 0) is 48.7 Å². The lowest BCUT2D eigenvalue weighted by Gasteiger charge is -2.21. The third-order valence-electron chi connectivity index (χ3n) is 3.67. The van der Waals surface area contributed by atoms with E-state index < -0.39 is 10.0 Å². The summed E-state index contributed by atoms with van der Waals surface area (Å²) >= 11 is 0. The first kappa shape index (κ1) is 14.7. The number of benzene rings is 2. The first-order chi connectivity index (χ1) is 10.6. The Labute approximate surface area is 130 Å². The monoisotopic (exact) mass is 318 g/mol. The van der Waals surface area contributed by atoms with Crippen LogP contribution in [0.15, 0.2) is 47.4 Å². The average molecular weight is 318 g/mol. The molecule has 0 saturated carbocycles. The van der Waals surface area contributed by atoms with Crippen LogP contribution in [-0.4, -0.2) is 22.1 Å². The predicted molar refractivity (Wildman–Crippen MR) is 87.1 cm³/mol. The summed E-state index contributed by atoms with van der Waals surface area (Å²) in [6.45, 7) is 0.794. The molecular weight excluding hydrogens is 300 g/mol. The minimum absolute atomic E-state index is 0.292. The molecule has 1 aliphatic heterocycles. The van der Waals surface area contributed by atoms with Gasteiger partial charge in [-0.1, -0.05) is 12.1 Å². The lowest BCUT2D eigenvalue weighted by molar-refractivity contribution is 0.415. The van der Waals surface area contributed by atoms with Crippen molar-refractivity contribution in [2.24, 2.45) is 0 Å². The molecule has 0 unspecified atom stereocenters. The Morgan fingerprint density at radius 1 is 1.14 bits per heavy atom. The molecule has 22 heavy (non-hydrogen) atoms. The van der Waals surface area contributed by atoms with Crippen LogP contribution in [0.25, 0.3) is 0 Å². The molecule has 0 aliphatic carbocycles. The average Bonchev–Trinajstić information content (AvgIpc) is 2.54. The number of nitrogens with one attached hydrogen (secondary N) is 2. The standard InChI is InChI=1S/C16H18N2O3S/c1-21-14-9-7-13(8-10-14)18-22(19,20)15-6-2-4-12-5-3-11-17-16(12)15/h2,4,6-10,17-18H,3,5,11H2,1H3. The van der Waals surface area contributed by atoms with Gasteiger partial charge in [-0.2, -0.15) is 0 Å². The van der Waals surface area contributed by atoms with E-state index in [2.05, 4.69) is 10.0 Å². The summed E-state index contributed by atoms with van der Waals surface area (Å²) in [5.74, 6) is 0.682. The van der Waals surface area contributed by atoms with Gasteiger partial charge < -0.3 is 10.1 Å². The van der Waals surface area contributed by atoms with Crippen molar-refractivity contribution in [3.8, 4) is 5.75 Å². The molecule has 2 aromatic carbocycles. The number of sulfonamides is 1. The van der Waals surface area contributed by atoms with Crippen molar-refractivity contribution in [3.63, 3.8) is 0 Å². The Hall–Kier alpha value is -2.21. The summed E-state index contributed by atoms with van der Waals surface area (Å²) in [5, 5.41) is 3.20. The van der Waals surface area contributed by atoms with E-state index in [9.17, 15) is 8.42 Å². The molecule has 0 radical (unpaired) electrons. The number of para-hydroxylation sites is 1. The van der Waals surface area contributed by atoms with Crippen LogP contribution < -0.4 is 14.8 Å². The largest absolute Gasteiger partial charge is 0.497 e. The van der Waals surface area contributed by atoms with Gasteiger partial charge in [0.05, 0.1) is 12.8 Å². The number of aryl methyl sites for hydroxylation is 1. The second kappa shape index (κ2) is 5.88. The Morgan fingerprint density at radius 2 is 1.91 bits per heavy atom. The maximum Gasteiger partial charge on any atom is 0.263 e. The number of anilines is 2. The highest BCUT2D eigenvalue weighted by atomic mass is 32.2. The molecule has 0 amide bonds. The summed E-state index contributed by atoms with van der Waals surface area (Å²) in [6, 6.07) is 12.2. The molecule has 0 fully saturated rings. The van der Waals surface area contributed by atoms with Crippen LogP contribution in [0.2, 0.25) is 0 Å². The SMILES string of the molecule is COc1ccc(NS(=O)(=O)c2cccc3c2NCCC3)cc1. The summed E-state index contributed by atoms with van der Waals surface area (Å²) in [6.07, 6.45) is 1.91. The Morgan fingerprint density at radius 3 is 2.64 bits per heavy atom. The molecule has 2 aromatic rings. The van der Waals surface area contributed by atoms with E-state index in [0.29, 0.717) is 16.3 Å². The molecule has 0 atom stereocenters. The number of rotatable bonds is 4. The van der Waals surface area contributed by atoms with Gasteiger partial charge in [-0.25, -0.2) is 8.42 Å². The summed E-state index contributed by atoms with van der Waals surface area (Å²) in [4.78, 5) is 0.292. The third-order valence-corrected chi connectivity index (χ3v) is 5.09. The van der Waals surface area contributed by atoms with E-state index in [0.717, 1.165) is 30.6 Å². The van der Waals surface area contributed by atoms with Gasteiger partial charge in [-0.15, -0.1) is 0 Å². The normalized spacial score (nSPS) is 13.9. The molecule has 2 N–H and O–H groups in total. The van der Waals surface area contributed by atoms with Gasteiger partial charge in [0.2, 0.25) is 0 Å². The van der Waals surface area contributed by atoms with Crippen molar-refractivity contribution < 1.29 is 13.2 Å². The quantitative estimate of drug-likeness (QED) is 0.909. The van der Waals surface area contributed by atoms with Crippen molar-refractivity contribution in [1.82, 2.24) is 0 Å². The fourth-order valence-electron chi connectivity index (χ4n) is 2.57. The Balaban J connectivity index is 1.92. The van der Waals surface area contributed by atoms with Crippen molar-refractivity contribution in [2.45, 2.75) is 17.7 Å². The lowest BCUT2D eigenvalue weighted by atomic mass is 10.0. The summed E-state index contributed by atoms with van der Waals surface area (Å²) in [7, 11) is -2.06. The summed E-state index contributed by atoms with van der Waals surface area (Å²) < 4.78 is 33.0. The second-order valence-electron chi connectivity index (χ2n) is 5.15.